The first kappa shape index (κ1) is 6.77. The van der Waals surface area contributed by atoms with Crippen LogP contribution in [0.15, 0.2) is 0 Å². The molecule has 0 bridgehead atoms. The zero-order valence-electron chi connectivity index (χ0n) is 3.96. The fraction of sp³-hybridized carbons (Fsp3) is 1.00. The molecule has 0 rings (SSSR count). The van der Waals surface area contributed by atoms with E-state index in [1.54, 1.807) is 0 Å². The van der Waals surface area contributed by atoms with E-state index in [2.05, 4.69) is 15.9 Å². The summed E-state index contributed by atoms with van der Waals surface area (Å²) in [5, 5.41) is 0. The molecule has 38 valence electrons. The van der Waals surface area contributed by atoms with Crippen molar-refractivity contribution in [1.82, 2.24) is 0 Å². The number of rotatable bonds is 1. The highest BCUT2D eigenvalue weighted by molar-refractivity contribution is 9.10. The number of alkyl halides is 2. The number of hydrogen-bond donors (Lipinski definition) is 0. The van der Waals surface area contributed by atoms with E-state index in [0.717, 1.165) is 0 Å². The maximum Gasteiger partial charge on any atom is 0.0371 e. The Kier molecular flexibility index (Phi) is 2.45. The molecule has 0 atom stereocenters. The molecule has 0 aliphatic rings. The van der Waals surface area contributed by atoms with E-state index < -0.39 is 0 Å². The summed E-state index contributed by atoms with van der Waals surface area (Å²) in [5.74, 6) is 0.660. The van der Waals surface area contributed by atoms with Crippen molar-refractivity contribution in [3.8, 4) is 0 Å². The van der Waals surface area contributed by atoms with Crippen molar-refractivity contribution in [2.24, 2.45) is 0 Å². The molecule has 0 fully saturated rings. The first-order valence-electron chi connectivity index (χ1n) is 1.81. The van der Waals surface area contributed by atoms with E-state index in [4.69, 9.17) is 11.6 Å². The summed E-state index contributed by atoms with van der Waals surface area (Å²) in [7, 11) is 0. The molecule has 6 heavy (non-hydrogen) atoms. The van der Waals surface area contributed by atoms with Crippen LogP contribution >= 0.6 is 27.5 Å². The Morgan fingerprint density at radius 1 is 1.67 bits per heavy atom. The zero-order chi connectivity index (χ0) is 5.21. The molecule has 0 aromatic heterocycles. The van der Waals surface area contributed by atoms with Crippen LogP contribution in [0.5, 0.6) is 0 Å². The minimum absolute atomic E-state index is 0.120. The van der Waals surface area contributed by atoms with Gasteiger partial charge in [-0.1, -0.05) is 15.9 Å². The van der Waals surface area contributed by atoms with E-state index >= 15 is 0 Å². The van der Waals surface area contributed by atoms with Gasteiger partial charge in [0, 0.05) is 10.2 Å². The van der Waals surface area contributed by atoms with Crippen LogP contribution in [0.25, 0.3) is 0 Å². The fourth-order valence-electron chi connectivity index (χ4n) is 0. The Labute approximate surface area is 52.0 Å². The van der Waals surface area contributed by atoms with Gasteiger partial charge in [-0.05, 0) is 13.8 Å². The highest BCUT2D eigenvalue weighted by atomic mass is 79.9. The Hall–Kier alpha value is 0.770. The monoisotopic (exact) mass is 170 g/mol. The van der Waals surface area contributed by atoms with Gasteiger partial charge in [-0.25, -0.2) is 0 Å². The molecule has 0 aliphatic heterocycles. The van der Waals surface area contributed by atoms with Gasteiger partial charge in [-0.15, -0.1) is 11.6 Å². The van der Waals surface area contributed by atoms with Crippen molar-refractivity contribution >= 4 is 27.5 Å². The van der Waals surface area contributed by atoms with Crippen molar-refractivity contribution < 1.29 is 0 Å². The second-order valence-corrected chi connectivity index (χ2v) is 4.27. The molecule has 0 saturated heterocycles. The molecule has 0 N–H and O–H groups in total. The molecule has 0 nitrogen and oxygen atoms in total. The summed E-state index contributed by atoms with van der Waals surface area (Å²) in [5.41, 5.74) is 0. The Bertz CT molecular complexity index is 37.3. The smallest absolute Gasteiger partial charge is 0.0371 e. The third-order valence-electron chi connectivity index (χ3n) is 0.318. The second-order valence-electron chi connectivity index (χ2n) is 1.85. The molecule has 2 heteroatoms. The van der Waals surface area contributed by atoms with E-state index in [1.807, 2.05) is 13.8 Å². The normalized spacial score (nSPS) is 12.0. The fourth-order valence-corrected chi connectivity index (χ4v) is 0. The molecular formula is C4H8BrCl. The summed E-state index contributed by atoms with van der Waals surface area (Å²) in [6.45, 7) is 4.06. The van der Waals surface area contributed by atoms with Gasteiger partial charge in [0.1, 0.15) is 0 Å². The molecule has 0 saturated carbocycles. The average Bonchev–Trinajstić information content (AvgIpc) is 1.35. The molecule has 0 heterocycles. The van der Waals surface area contributed by atoms with Crippen molar-refractivity contribution in [1.29, 1.82) is 0 Å². The number of halogens is 2. The van der Waals surface area contributed by atoms with E-state index in [-0.39, 0.29) is 4.32 Å². The van der Waals surface area contributed by atoms with Crippen LogP contribution in [0.4, 0.5) is 0 Å². The number of hydrogen-bond acceptors (Lipinski definition) is 0. The topological polar surface area (TPSA) is 0 Å². The van der Waals surface area contributed by atoms with Crippen LogP contribution < -0.4 is 0 Å². The summed E-state index contributed by atoms with van der Waals surface area (Å²) in [6, 6.07) is 0. The van der Waals surface area contributed by atoms with Crippen molar-refractivity contribution in [3.63, 3.8) is 0 Å². The largest absolute Gasteiger partial charge is 0.125 e. The predicted octanol–water partition coefficient (Wildman–Crippen LogP) is 2.40. The standard InChI is InChI=1S/C4H8BrCl/c1-4(2,5)3-6/h3H2,1-2H3. The molecule has 0 aromatic carbocycles. The maximum absolute atomic E-state index is 5.43. The van der Waals surface area contributed by atoms with Crippen LogP contribution in [-0.2, 0) is 0 Å². The van der Waals surface area contributed by atoms with E-state index in [0.29, 0.717) is 5.88 Å². The Balaban J connectivity index is 3.17. The highest BCUT2D eigenvalue weighted by Gasteiger charge is 2.07. The quantitative estimate of drug-likeness (QED) is 0.532. The molecule has 0 aromatic rings. The van der Waals surface area contributed by atoms with Gasteiger partial charge < -0.3 is 0 Å². The second kappa shape index (κ2) is 2.17. The summed E-state index contributed by atoms with van der Waals surface area (Å²) >= 11 is 8.78. The molecule has 0 spiro atoms. The summed E-state index contributed by atoms with van der Waals surface area (Å²) < 4.78 is 0.120. The van der Waals surface area contributed by atoms with Crippen molar-refractivity contribution in [2.45, 2.75) is 18.2 Å². The predicted molar refractivity (Wildman–Crippen MR) is 33.7 cm³/mol. The van der Waals surface area contributed by atoms with Gasteiger partial charge in [-0.2, -0.15) is 0 Å². The minimum Gasteiger partial charge on any atom is -0.125 e. The van der Waals surface area contributed by atoms with Crippen LogP contribution in [0.2, 0.25) is 0 Å². The third kappa shape index (κ3) is 4.77. The van der Waals surface area contributed by atoms with E-state index in [1.165, 1.54) is 0 Å². The Morgan fingerprint density at radius 3 is 1.83 bits per heavy atom. The minimum atomic E-state index is 0.120. The summed E-state index contributed by atoms with van der Waals surface area (Å²) in [4.78, 5) is 0. The first-order chi connectivity index (χ1) is 2.56. The Morgan fingerprint density at radius 2 is 1.83 bits per heavy atom. The molecule has 0 aliphatic carbocycles. The van der Waals surface area contributed by atoms with Gasteiger partial charge in [0.05, 0.1) is 0 Å². The van der Waals surface area contributed by atoms with Gasteiger partial charge in [0.2, 0.25) is 0 Å². The van der Waals surface area contributed by atoms with Gasteiger partial charge in [0.25, 0.3) is 0 Å². The molecule has 0 amide bonds. The van der Waals surface area contributed by atoms with Crippen LogP contribution in [0, 0.1) is 0 Å². The van der Waals surface area contributed by atoms with Crippen LogP contribution in [0.1, 0.15) is 13.8 Å². The molecule has 0 unspecified atom stereocenters. The SMILES string of the molecule is CC(C)(Br)CCl. The lowest BCUT2D eigenvalue weighted by Crippen LogP contribution is -2.09. The first-order valence-corrected chi connectivity index (χ1v) is 3.14. The lowest BCUT2D eigenvalue weighted by atomic mass is 10.3. The zero-order valence-corrected chi connectivity index (χ0v) is 6.30. The maximum atomic E-state index is 5.43. The summed E-state index contributed by atoms with van der Waals surface area (Å²) in [6.07, 6.45) is 0. The molecular weight excluding hydrogens is 163 g/mol. The van der Waals surface area contributed by atoms with Crippen LogP contribution in [0.3, 0.4) is 0 Å². The lowest BCUT2D eigenvalue weighted by Gasteiger charge is -2.08. The van der Waals surface area contributed by atoms with Gasteiger partial charge >= 0.3 is 0 Å². The van der Waals surface area contributed by atoms with Crippen LogP contribution in [-0.4, -0.2) is 10.2 Å². The highest BCUT2D eigenvalue weighted by Crippen LogP contribution is 2.16. The lowest BCUT2D eigenvalue weighted by molar-refractivity contribution is 0.832. The van der Waals surface area contributed by atoms with Gasteiger partial charge in [0.15, 0.2) is 0 Å². The molecule has 0 radical (unpaired) electrons. The van der Waals surface area contributed by atoms with E-state index in [9.17, 15) is 0 Å². The van der Waals surface area contributed by atoms with Gasteiger partial charge in [-0.3, -0.25) is 0 Å². The third-order valence-corrected chi connectivity index (χ3v) is 1.59. The average molecular weight is 171 g/mol. The van der Waals surface area contributed by atoms with Crippen molar-refractivity contribution in [3.05, 3.63) is 0 Å². The van der Waals surface area contributed by atoms with Crippen molar-refractivity contribution in [2.75, 3.05) is 5.88 Å².